The van der Waals surface area contributed by atoms with Crippen LogP contribution in [0.25, 0.3) is 0 Å². The molecule has 0 spiro atoms. The predicted octanol–water partition coefficient (Wildman–Crippen LogP) is 2.13. The van der Waals surface area contributed by atoms with Crippen molar-refractivity contribution in [1.29, 1.82) is 0 Å². The molecular formula is C16H21N3O4S. The summed E-state index contributed by atoms with van der Waals surface area (Å²) in [6.07, 6.45) is 0. The summed E-state index contributed by atoms with van der Waals surface area (Å²) in [5.74, 6) is -0.258. The number of amides is 1. The van der Waals surface area contributed by atoms with E-state index >= 15 is 0 Å². The summed E-state index contributed by atoms with van der Waals surface area (Å²) in [4.78, 5) is 12.1. The fourth-order valence-electron chi connectivity index (χ4n) is 2.65. The molecule has 0 fully saturated rings. The monoisotopic (exact) mass is 351 g/mol. The lowest BCUT2D eigenvalue weighted by atomic mass is 10.1. The number of carbonyl (C=O) groups excluding carboxylic acids is 1. The van der Waals surface area contributed by atoms with E-state index in [0.717, 1.165) is 16.7 Å². The highest BCUT2D eigenvalue weighted by atomic mass is 32.2. The van der Waals surface area contributed by atoms with Crippen molar-refractivity contribution in [1.82, 2.24) is 9.88 Å². The van der Waals surface area contributed by atoms with Crippen LogP contribution in [0.2, 0.25) is 0 Å². The minimum absolute atomic E-state index is 0.0296. The molecular weight excluding hydrogens is 330 g/mol. The second-order valence-corrected chi connectivity index (χ2v) is 7.50. The van der Waals surface area contributed by atoms with Crippen molar-refractivity contribution in [3.8, 4) is 0 Å². The third-order valence-electron chi connectivity index (χ3n) is 3.60. The average molecular weight is 351 g/mol. The summed E-state index contributed by atoms with van der Waals surface area (Å²) in [5.41, 5.74) is 3.90. The second-order valence-electron chi connectivity index (χ2n) is 5.80. The number of benzene rings is 1. The summed E-state index contributed by atoms with van der Waals surface area (Å²) < 4.78 is 31.7. The predicted molar refractivity (Wildman–Crippen MR) is 90.4 cm³/mol. The van der Waals surface area contributed by atoms with E-state index in [0.29, 0.717) is 5.69 Å². The fourth-order valence-corrected chi connectivity index (χ4v) is 3.96. The number of aromatic nitrogens is 1. The lowest BCUT2D eigenvalue weighted by Gasteiger charge is -2.13. The number of anilines is 1. The van der Waals surface area contributed by atoms with Gasteiger partial charge in [-0.2, -0.15) is 0 Å². The molecule has 1 aromatic carbocycles. The molecule has 0 radical (unpaired) electrons. The van der Waals surface area contributed by atoms with E-state index in [9.17, 15) is 13.2 Å². The van der Waals surface area contributed by atoms with Gasteiger partial charge in [-0.25, -0.2) is 13.1 Å². The van der Waals surface area contributed by atoms with E-state index in [1.807, 2.05) is 32.9 Å². The third kappa shape index (κ3) is 3.82. The van der Waals surface area contributed by atoms with Gasteiger partial charge in [0, 0.05) is 5.69 Å². The molecule has 0 saturated carbocycles. The molecule has 1 amide bonds. The molecule has 1 aromatic heterocycles. The van der Waals surface area contributed by atoms with Gasteiger partial charge in [-0.15, -0.1) is 0 Å². The van der Waals surface area contributed by atoms with Crippen LogP contribution >= 0.6 is 0 Å². The van der Waals surface area contributed by atoms with Gasteiger partial charge in [0.05, 0.1) is 6.54 Å². The molecule has 8 heteroatoms. The van der Waals surface area contributed by atoms with Gasteiger partial charge < -0.3 is 9.84 Å². The summed E-state index contributed by atoms with van der Waals surface area (Å²) in [7, 11) is -3.86. The maximum atomic E-state index is 12.3. The normalized spacial score (nSPS) is 11.5. The van der Waals surface area contributed by atoms with Crippen molar-refractivity contribution in [2.24, 2.45) is 0 Å². The molecule has 0 aliphatic carbocycles. The zero-order chi connectivity index (χ0) is 18.1. The highest BCUT2D eigenvalue weighted by Gasteiger charge is 2.24. The highest BCUT2D eigenvalue weighted by molar-refractivity contribution is 7.89. The van der Waals surface area contributed by atoms with Gasteiger partial charge in [0.2, 0.25) is 15.9 Å². The Labute approximate surface area is 141 Å². The number of nitrogens with one attached hydrogen (secondary N) is 2. The Morgan fingerprint density at radius 1 is 1.12 bits per heavy atom. The molecule has 0 aliphatic rings. The molecule has 2 N–H and O–H groups in total. The topological polar surface area (TPSA) is 101 Å². The van der Waals surface area contributed by atoms with Gasteiger partial charge in [-0.1, -0.05) is 22.9 Å². The maximum absolute atomic E-state index is 12.3. The van der Waals surface area contributed by atoms with Crippen LogP contribution in [0.3, 0.4) is 0 Å². The first-order valence-electron chi connectivity index (χ1n) is 7.42. The van der Waals surface area contributed by atoms with Crippen molar-refractivity contribution >= 4 is 21.6 Å². The number of carbonyl (C=O) groups is 1. The summed E-state index contributed by atoms with van der Waals surface area (Å²) >= 11 is 0. The van der Waals surface area contributed by atoms with Gasteiger partial charge in [0.15, 0.2) is 5.76 Å². The minimum atomic E-state index is -3.86. The zero-order valence-electron chi connectivity index (χ0n) is 14.4. The van der Waals surface area contributed by atoms with E-state index in [1.54, 1.807) is 0 Å². The van der Waals surface area contributed by atoms with Gasteiger partial charge in [-0.3, -0.25) is 4.79 Å². The van der Waals surface area contributed by atoms with Crippen molar-refractivity contribution < 1.29 is 17.7 Å². The Hall–Kier alpha value is -2.19. The van der Waals surface area contributed by atoms with Gasteiger partial charge in [-0.05, 0) is 45.7 Å². The molecule has 2 aromatic rings. The minimum Gasteiger partial charge on any atom is -0.360 e. The standard InChI is InChI=1S/C16H21N3O4S/c1-9-6-10(2)15(11(3)7-9)18-14(20)8-17-24(21,22)16-12(4)19-23-13(16)5/h6-7,17H,8H2,1-5H3,(H,18,20). The molecule has 0 bridgehead atoms. The Bertz CT molecular complexity index is 842. The van der Waals surface area contributed by atoms with E-state index in [4.69, 9.17) is 4.52 Å². The summed E-state index contributed by atoms with van der Waals surface area (Å²) in [6.45, 7) is 8.42. The number of hydrogen-bond acceptors (Lipinski definition) is 5. The molecule has 7 nitrogen and oxygen atoms in total. The van der Waals surface area contributed by atoms with E-state index in [1.165, 1.54) is 13.8 Å². The van der Waals surface area contributed by atoms with Gasteiger partial charge >= 0.3 is 0 Å². The Morgan fingerprint density at radius 3 is 2.21 bits per heavy atom. The van der Waals surface area contributed by atoms with Crippen LogP contribution in [0, 0.1) is 34.6 Å². The quantitative estimate of drug-likeness (QED) is 0.859. The zero-order valence-corrected chi connectivity index (χ0v) is 15.2. The van der Waals surface area contributed by atoms with Crippen molar-refractivity contribution in [3.05, 3.63) is 40.3 Å². The van der Waals surface area contributed by atoms with Crippen LogP contribution < -0.4 is 10.0 Å². The smallest absolute Gasteiger partial charge is 0.246 e. The second kappa shape index (κ2) is 6.74. The average Bonchev–Trinajstić information content (AvgIpc) is 2.80. The Morgan fingerprint density at radius 2 is 1.71 bits per heavy atom. The number of sulfonamides is 1. The third-order valence-corrected chi connectivity index (χ3v) is 5.25. The number of nitrogens with zero attached hydrogens (tertiary/aromatic N) is 1. The maximum Gasteiger partial charge on any atom is 0.246 e. The number of aryl methyl sites for hydroxylation is 5. The summed E-state index contributed by atoms with van der Waals surface area (Å²) in [5, 5.41) is 6.36. The lowest BCUT2D eigenvalue weighted by molar-refractivity contribution is -0.115. The van der Waals surface area contributed by atoms with Gasteiger partial charge in [0.25, 0.3) is 0 Å². The van der Waals surface area contributed by atoms with Crippen molar-refractivity contribution in [2.75, 3.05) is 11.9 Å². The first kappa shape index (κ1) is 18.2. The molecule has 0 atom stereocenters. The van der Waals surface area contributed by atoms with Crippen LogP contribution in [0.15, 0.2) is 21.6 Å². The first-order valence-corrected chi connectivity index (χ1v) is 8.90. The lowest BCUT2D eigenvalue weighted by Crippen LogP contribution is -2.33. The van der Waals surface area contributed by atoms with Crippen LogP contribution in [-0.2, 0) is 14.8 Å². The van der Waals surface area contributed by atoms with Gasteiger partial charge in [0.1, 0.15) is 10.6 Å². The van der Waals surface area contributed by atoms with Crippen LogP contribution in [-0.4, -0.2) is 26.0 Å². The Balaban J connectivity index is 2.09. The van der Waals surface area contributed by atoms with Crippen LogP contribution in [0.1, 0.15) is 28.1 Å². The van der Waals surface area contributed by atoms with Crippen molar-refractivity contribution in [3.63, 3.8) is 0 Å². The molecule has 130 valence electrons. The molecule has 0 unspecified atom stereocenters. The Kier molecular flexibility index (Phi) is 5.10. The van der Waals surface area contributed by atoms with Crippen LogP contribution in [0.5, 0.6) is 0 Å². The first-order chi connectivity index (χ1) is 11.1. The number of hydrogen-bond donors (Lipinski definition) is 2. The van der Waals surface area contributed by atoms with E-state index < -0.39 is 15.9 Å². The summed E-state index contributed by atoms with van der Waals surface area (Å²) in [6, 6.07) is 3.91. The number of rotatable bonds is 5. The largest absolute Gasteiger partial charge is 0.360 e. The van der Waals surface area contributed by atoms with E-state index in [-0.39, 0.29) is 22.9 Å². The molecule has 1 heterocycles. The molecule has 0 saturated heterocycles. The fraction of sp³-hybridized carbons (Fsp3) is 0.375. The van der Waals surface area contributed by atoms with E-state index in [2.05, 4.69) is 15.2 Å². The van der Waals surface area contributed by atoms with Crippen LogP contribution in [0.4, 0.5) is 5.69 Å². The molecule has 0 aliphatic heterocycles. The molecule has 24 heavy (non-hydrogen) atoms. The molecule has 2 rings (SSSR count). The SMILES string of the molecule is Cc1cc(C)c(NC(=O)CNS(=O)(=O)c2c(C)noc2C)c(C)c1. The van der Waals surface area contributed by atoms with Crippen molar-refractivity contribution in [2.45, 2.75) is 39.5 Å². The highest BCUT2D eigenvalue weighted by Crippen LogP contribution is 2.22.